The maximum absolute atomic E-state index is 13.9. The van der Waals surface area contributed by atoms with Crippen LogP contribution in [0.4, 0.5) is 4.79 Å². The van der Waals surface area contributed by atoms with Crippen molar-refractivity contribution in [3.8, 4) is 18.2 Å². The molecule has 2 atom stereocenters. The molecule has 8 heteroatoms. The van der Waals surface area contributed by atoms with E-state index >= 15 is 0 Å². The van der Waals surface area contributed by atoms with Crippen molar-refractivity contribution in [2.24, 2.45) is 0 Å². The Balaban J connectivity index is 2.45. The zero-order chi connectivity index (χ0) is 28.3. The first kappa shape index (κ1) is 30.2. The first-order valence-corrected chi connectivity index (χ1v) is 12.9. The first-order chi connectivity index (χ1) is 18.0. The van der Waals surface area contributed by atoms with Gasteiger partial charge in [0.25, 0.3) is 5.91 Å². The number of phenols is 1. The Morgan fingerprint density at radius 3 is 2.32 bits per heavy atom. The third-order valence-electron chi connectivity index (χ3n) is 5.81. The smallest absolute Gasteiger partial charge is 0.408 e. The molecule has 0 heterocycles. The fourth-order valence-corrected chi connectivity index (χ4v) is 3.93. The molecule has 0 fully saturated rings. The fraction of sp³-hybridized carbons (Fsp3) is 0.433. The Morgan fingerprint density at radius 1 is 1.08 bits per heavy atom. The molecule has 0 bridgehead atoms. The first-order valence-electron chi connectivity index (χ1n) is 12.9. The molecular weight excluding hydrogens is 482 g/mol. The minimum atomic E-state index is -1.13. The second kappa shape index (κ2) is 14.1. The van der Waals surface area contributed by atoms with Gasteiger partial charge < -0.3 is 20.5 Å². The second-order valence-electron chi connectivity index (χ2n) is 10.2. The zero-order valence-corrected chi connectivity index (χ0v) is 22.9. The Bertz CT molecular complexity index is 1130. The molecule has 2 unspecified atom stereocenters. The lowest BCUT2D eigenvalue weighted by Gasteiger charge is -2.31. The minimum Gasteiger partial charge on any atom is -0.508 e. The number of benzene rings is 2. The summed E-state index contributed by atoms with van der Waals surface area (Å²) in [5.41, 5.74) is 1.27. The lowest BCUT2D eigenvalue weighted by molar-refractivity contribution is -0.138. The molecule has 0 aliphatic heterocycles. The van der Waals surface area contributed by atoms with Gasteiger partial charge in [-0.05, 0) is 62.9 Å². The van der Waals surface area contributed by atoms with Gasteiger partial charge in [0.05, 0.1) is 0 Å². The van der Waals surface area contributed by atoms with E-state index in [-0.39, 0.29) is 12.2 Å². The van der Waals surface area contributed by atoms with Gasteiger partial charge in [0.2, 0.25) is 5.91 Å². The summed E-state index contributed by atoms with van der Waals surface area (Å²) in [6.45, 7) is 9.52. The fourth-order valence-electron chi connectivity index (χ4n) is 3.93. The van der Waals surface area contributed by atoms with Crippen LogP contribution >= 0.6 is 0 Å². The average molecular weight is 522 g/mol. The summed E-state index contributed by atoms with van der Waals surface area (Å²) in [6.07, 6.45) is 7.90. The second-order valence-corrected chi connectivity index (χ2v) is 10.2. The third kappa shape index (κ3) is 9.15. The number of unbranched alkanes of at least 4 members (excludes halogenated alkanes) is 2. The highest BCUT2D eigenvalue weighted by molar-refractivity contribution is 5.93. The number of terminal acetylenes is 1. The van der Waals surface area contributed by atoms with E-state index in [0.717, 1.165) is 29.7 Å². The van der Waals surface area contributed by atoms with Crippen molar-refractivity contribution >= 4 is 17.9 Å². The van der Waals surface area contributed by atoms with E-state index in [1.54, 1.807) is 45.0 Å². The molecule has 2 rings (SSSR count). The topological polar surface area (TPSA) is 108 Å². The summed E-state index contributed by atoms with van der Waals surface area (Å²) in [6, 6.07) is 13.7. The van der Waals surface area contributed by atoms with Gasteiger partial charge in [0.1, 0.15) is 23.4 Å². The maximum atomic E-state index is 13.9. The SMILES string of the molecule is C#CN(C(=O)C(Cc1ccc(O)cc1)NC(=O)OC(C)(C)C)C(C(=O)NCCCCC)c1ccccc1C. The van der Waals surface area contributed by atoms with Crippen molar-refractivity contribution in [2.45, 2.75) is 78.0 Å². The molecule has 2 aromatic carbocycles. The molecule has 0 aliphatic rings. The van der Waals surface area contributed by atoms with E-state index in [1.165, 1.54) is 12.1 Å². The Morgan fingerprint density at radius 2 is 1.74 bits per heavy atom. The van der Waals surface area contributed by atoms with Gasteiger partial charge in [-0.25, -0.2) is 4.79 Å². The van der Waals surface area contributed by atoms with Crippen molar-refractivity contribution in [1.29, 1.82) is 0 Å². The van der Waals surface area contributed by atoms with Gasteiger partial charge in [-0.15, -0.1) is 0 Å². The molecule has 3 amide bonds. The molecule has 8 nitrogen and oxygen atoms in total. The molecular formula is C30H39N3O5. The predicted octanol–water partition coefficient (Wildman–Crippen LogP) is 4.60. The Kier molecular flexibility index (Phi) is 11.2. The van der Waals surface area contributed by atoms with Crippen LogP contribution in [0.2, 0.25) is 0 Å². The number of hydrogen-bond acceptors (Lipinski definition) is 5. The number of aromatic hydroxyl groups is 1. The summed E-state index contributed by atoms with van der Waals surface area (Å²) in [5.74, 6) is -0.966. The summed E-state index contributed by atoms with van der Waals surface area (Å²) >= 11 is 0. The summed E-state index contributed by atoms with van der Waals surface area (Å²) < 4.78 is 5.38. The highest BCUT2D eigenvalue weighted by atomic mass is 16.6. The molecule has 0 radical (unpaired) electrons. The number of phenolic OH excluding ortho intramolecular Hbond substituents is 1. The van der Waals surface area contributed by atoms with Gasteiger partial charge in [-0.3, -0.25) is 14.5 Å². The zero-order valence-electron chi connectivity index (χ0n) is 22.9. The lowest BCUT2D eigenvalue weighted by Crippen LogP contribution is -2.52. The Hall–Kier alpha value is -3.99. The van der Waals surface area contributed by atoms with E-state index in [1.807, 2.05) is 19.1 Å². The number of alkyl carbamates (subject to hydrolysis) is 1. The highest BCUT2D eigenvalue weighted by Gasteiger charge is 2.36. The van der Waals surface area contributed by atoms with E-state index in [4.69, 9.17) is 11.2 Å². The van der Waals surface area contributed by atoms with Crippen LogP contribution in [0, 0.1) is 19.4 Å². The van der Waals surface area contributed by atoms with Crippen LogP contribution in [-0.4, -0.2) is 46.1 Å². The number of aryl methyl sites for hydroxylation is 1. The van der Waals surface area contributed by atoms with Crippen LogP contribution in [0.3, 0.4) is 0 Å². The van der Waals surface area contributed by atoms with Crippen molar-refractivity contribution < 1.29 is 24.2 Å². The van der Waals surface area contributed by atoms with E-state index < -0.39 is 35.6 Å². The molecule has 0 aromatic heterocycles. The molecule has 0 saturated carbocycles. The van der Waals surface area contributed by atoms with Crippen molar-refractivity contribution in [3.05, 3.63) is 65.2 Å². The van der Waals surface area contributed by atoms with Crippen LogP contribution in [0.5, 0.6) is 5.75 Å². The van der Waals surface area contributed by atoms with Crippen LogP contribution < -0.4 is 10.6 Å². The van der Waals surface area contributed by atoms with E-state index in [9.17, 15) is 19.5 Å². The monoisotopic (exact) mass is 521 g/mol. The number of amides is 3. The highest BCUT2D eigenvalue weighted by Crippen LogP contribution is 2.26. The molecule has 204 valence electrons. The van der Waals surface area contributed by atoms with E-state index in [0.29, 0.717) is 17.7 Å². The molecule has 0 aliphatic carbocycles. The van der Waals surface area contributed by atoms with Gasteiger partial charge in [0, 0.05) is 19.0 Å². The third-order valence-corrected chi connectivity index (χ3v) is 5.81. The van der Waals surface area contributed by atoms with Gasteiger partial charge in [-0.2, -0.15) is 0 Å². The summed E-state index contributed by atoms with van der Waals surface area (Å²) in [7, 11) is 0. The lowest BCUT2D eigenvalue weighted by atomic mass is 9.97. The molecule has 3 N–H and O–H groups in total. The number of rotatable bonds is 11. The molecule has 0 spiro atoms. The van der Waals surface area contributed by atoms with Crippen LogP contribution in [0.15, 0.2) is 48.5 Å². The summed E-state index contributed by atoms with van der Waals surface area (Å²) in [5, 5.41) is 15.2. The number of nitrogens with one attached hydrogen (secondary N) is 2. The minimum absolute atomic E-state index is 0.0646. The van der Waals surface area contributed by atoms with Crippen molar-refractivity contribution in [3.63, 3.8) is 0 Å². The molecule has 0 saturated heterocycles. The van der Waals surface area contributed by atoms with Gasteiger partial charge in [-0.1, -0.05) is 62.6 Å². The van der Waals surface area contributed by atoms with Crippen molar-refractivity contribution in [1.82, 2.24) is 15.5 Å². The van der Waals surface area contributed by atoms with Gasteiger partial charge >= 0.3 is 6.09 Å². The van der Waals surface area contributed by atoms with Gasteiger partial charge in [0.15, 0.2) is 0 Å². The number of carbonyl (C=O) groups is 3. The number of nitrogens with zero attached hydrogens (tertiary/aromatic N) is 1. The predicted molar refractivity (Wildman–Crippen MR) is 147 cm³/mol. The average Bonchev–Trinajstić information content (AvgIpc) is 2.85. The standard InChI is InChI=1S/C30H39N3O5/c1-7-9-12-19-31-27(35)26(24-14-11-10-13-21(24)3)33(8-2)28(36)25(32-29(37)38-30(4,5)6)20-22-15-17-23(34)18-16-22/h2,10-11,13-18,25-26,34H,7,9,12,19-20H2,1,3-6H3,(H,31,35)(H,32,37). The summed E-state index contributed by atoms with van der Waals surface area (Å²) in [4.78, 5) is 41.1. The molecule has 38 heavy (non-hydrogen) atoms. The normalized spacial score (nSPS) is 12.5. The number of hydrogen-bond donors (Lipinski definition) is 3. The van der Waals surface area contributed by atoms with Crippen LogP contribution in [0.25, 0.3) is 0 Å². The molecule has 2 aromatic rings. The largest absolute Gasteiger partial charge is 0.508 e. The quantitative estimate of drug-likeness (QED) is 0.228. The number of carbonyl (C=O) groups excluding carboxylic acids is 3. The maximum Gasteiger partial charge on any atom is 0.408 e. The van der Waals surface area contributed by atoms with E-state index in [2.05, 4.69) is 23.6 Å². The van der Waals surface area contributed by atoms with Crippen LogP contribution in [-0.2, 0) is 20.7 Å². The van der Waals surface area contributed by atoms with Crippen molar-refractivity contribution in [2.75, 3.05) is 6.54 Å². The Labute approximate surface area is 225 Å². The van der Waals surface area contributed by atoms with Crippen LogP contribution in [0.1, 0.15) is 69.7 Å². The number of ether oxygens (including phenoxy) is 1.